The van der Waals surface area contributed by atoms with Gasteiger partial charge in [0.25, 0.3) is 5.91 Å². The van der Waals surface area contributed by atoms with E-state index < -0.39 is 0 Å². The smallest absolute Gasteiger partial charge is 0.254 e. The van der Waals surface area contributed by atoms with Gasteiger partial charge in [-0.05, 0) is 52.9 Å². The second kappa shape index (κ2) is 6.85. The zero-order chi connectivity index (χ0) is 14.5. The maximum atomic E-state index is 12.3. The van der Waals surface area contributed by atoms with Gasteiger partial charge in [0.05, 0.1) is 11.8 Å². The molecule has 6 nitrogen and oxygen atoms in total. The molecule has 1 aliphatic heterocycles. The maximum Gasteiger partial charge on any atom is 0.254 e. The summed E-state index contributed by atoms with van der Waals surface area (Å²) in [6.45, 7) is 5.42. The predicted octanol–water partition coefficient (Wildman–Crippen LogP) is 0.364. The van der Waals surface area contributed by atoms with Crippen LogP contribution in [0.25, 0.3) is 0 Å². The van der Waals surface area contributed by atoms with Gasteiger partial charge in [-0.3, -0.25) is 9.48 Å². The van der Waals surface area contributed by atoms with Crippen LogP contribution in [-0.4, -0.2) is 53.3 Å². The summed E-state index contributed by atoms with van der Waals surface area (Å²) < 4.78 is 1.86. The Morgan fingerprint density at radius 2 is 2.20 bits per heavy atom. The van der Waals surface area contributed by atoms with E-state index in [1.54, 1.807) is 6.20 Å². The highest BCUT2D eigenvalue weighted by atomic mass is 16.1. The fourth-order valence-corrected chi connectivity index (χ4v) is 2.55. The molecule has 1 fully saturated rings. The van der Waals surface area contributed by atoms with Crippen LogP contribution in [0.5, 0.6) is 0 Å². The summed E-state index contributed by atoms with van der Waals surface area (Å²) in [6, 6.07) is 0.283. The number of nitrogens with two attached hydrogens (primary N) is 1. The molecule has 1 amide bonds. The van der Waals surface area contributed by atoms with Crippen molar-refractivity contribution in [3.05, 3.63) is 17.5 Å². The molecule has 0 spiro atoms. The van der Waals surface area contributed by atoms with E-state index >= 15 is 0 Å². The highest BCUT2D eigenvalue weighted by Crippen LogP contribution is 2.12. The molecular formula is C14H25N5O. The molecule has 1 aromatic rings. The lowest BCUT2D eigenvalue weighted by atomic mass is 10.1. The van der Waals surface area contributed by atoms with Gasteiger partial charge in [0.15, 0.2) is 0 Å². The summed E-state index contributed by atoms with van der Waals surface area (Å²) in [4.78, 5) is 14.6. The molecule has 0 bridgehead atoms. The number of aromatic nitrogens is 2. The quantitative estimate of drug-likeness (QED) is 0.816. The number of carbonyl (C=O) groups is 1. The summed E-state index contributed by atoms with van der Waals surface area (Å²) in [5.41, 5.74) is 7.11. The fourth-order valence-electron chi connectivity index (χ4n) is 2.55. The number of hydrogen-bond acceptors (Lipinski definition) is 4. The summed E-state index contributed by atoms with van der Waals surface area (Å²) in [5.74, 6) is -0.00366. The Morgan fingerprint density at radius 1 is 1.50 bits per heavy atom. The molecule has 0 saturated carbocycles. The van der Waals surface area contributed by atoms with Crippen molar-refractivity contribution in [3.8, 4) is 0 Å². The average molecular weight is 279 g/mol. The monoisotopic (exact) mass is 279 g/mol. The van der Waals surface area contributed by atoms with Crippen molar-refractivity contribution in [2.24, 2.45) is 5.73 Å². The Bertz CT molecular complexity index is 448. The number of nitrogens with one attached hydrogen (secondary N) is 1. The first-order valence-electron chi connectivity index (χ1n) is 7.33. The number of carbonyl (C=O) groups excluding carboxylic acids is 1. The predicted molar refractivity (Wildman–Crippen MR) is 78.6 cm³/mol. The standard InChI is InChI=1S/C14H25N5O/c1-11-13(10-16-19(11)7-3-6-15)14(20)17-12-4-8-18(2)9-5-12/h10,12H,3-9,15H2,1-2H3,(H,17,20). The highest BCUT2D eigenvalue weighted by Gasteiger charge is 2.21. The van der Waals surface area contributed by atoms with Crippen molar-refractivity contribution < 1.29 is 4.79 Å². The van der Waals surface area contributed by atoms with Crippen LogP contribution in [0.3, 0.4) is 0 Å². The zero-order valence-corrected chi connectivity index (χ0v) is 12.4. The van der Waals surface area contributed by atoms with E-state index in [9.17, 15) is 4.79 Å². The molecule has 2 rings (SSSR count). The third-order valence-electron chi connectivity index (χ3n) is 3.98. The van der Waals surface area contributed by atoms with E-state index in [-0.39, 0.29) is 11.9 Å². The topological polar surface area (TPSA) is 76.2 Å². The minimum Gasteiger partial charge on any atom is -0.349 e. The molecule has 0 aromatic carbocycles. The van der Waals surface area contributed by atoms with E-state index in [0.717, 1.165) is 44.6 Å². The van der Waals surface area contributed by atoms with Crippen LogP contribution in [0, 0.1) is 6.92 Å². The molecule has 2 heterocycles. The molecule has 0 unspecified atom stereocenters. The second-order valence-corrected chi connectivity index (χ2v) is 5.56. The van der Waals surface area contributed by atoms with Crippen LogP contribution in [0.2, 0.25) is 0 Å². The van der Waals surface area contributed by atoms with Gasteiger partial charge in [0.1, 0.15) is 0 Å². The number of amides is 1. The first-order chi connectivity index (χ1) is 9.61. The van der Waals surface area contributed by atoms with E-state index in [0.29, 0.717) is 12.1 Å². The third kappa shape index (κ3) is 3.58. The van der Waals surface area contributed by atoms with E-state index in [4.69, 9.17) is 5.73 Å². The van der Waals surface area contributed by atoms with Gasteiger partial charge in [-0.1, -0.05) is 0 Å². The fraction of sp³-hybridized carbons (Fsp3) is 0.714. The lowest BCUT2D eigenvalue weighted by Gasteiger charge is -2.29. The van der Waals surface area contributed by atoms with Gasteiger partial charge < -0.3 is 16.0 Å². The molecule has 1 aliphatic rings. The van der Waals surface area contributed by atoms with Crippen molar-refractivity contribution in [3.63, 3.8) is 0 Å². The van der Waals surface area contributed by atoms with Crippen LogP contribution in [0.1, 0.15) is 35.3 Å². The summed E-state index contributed by atoms with van der Waals surface area (Å²) in [6.07, 6.45) is 4.57. The van der Waals surface area contributed by atoms with Crippen LogP contribution < -0.4 is 11.1 Å². The molecular weight excluding hydrogens is 254 g/mol. The van der Waals surface area contributed by atoms with Gasteiger partial charge in [-0.2, -0.15) is 5.10 Å². The molecule has 1 saturated heterocycles. The second-order valence-electron chi connectivity index (χ2n) is 5.56. The van der Waals surface area contributed by atoms with E-state index in [2.05, 4.69) is 22.4 Å². The van der Waals surface area contributed by atoms with Crippen LogP contribution in [-0.2, 0) is 6.54 Å². The van der Waals surface area contributed by atoms with Crippen molar-refractivity contribution in [2.75, 3.05) is 26.7 Å². The zero-order valence-electron chi connectivity index (χ0n) is 12.4. The third-order valence-corrected chi connectivity index (χ3v) is 3.98. The van der Waals surface area contributed by atoms with Gasteiger partial charge in [0, 0.05) is 18.3 Å². The molecule has 112 valence electrons. The molecule has 3 N–H and O–H groups in total. The Labute approximate surface area is 120 Å². The molecule has 20 heavy (non-hydrogen) atoms. The number of piperidine rings is 1. The minimum absolute atomic E-state index is 0.00366. The van der Waals surface area contributed by atoms with Crippen molar-refractivity contribution in [1.82, 2.24) is 20.0 Å². The Hall–Kier alpha value is -1.40. The molecule has 0 aliphatic carbocycles. The number of rotatable bonds is 5. The Balaban J connectivity index is 1.93. The summed E-state index contributed by atoms with van der Waals surface area (Å²) in [7, 11) is 2.11. The minimum atomic E-state index is -0.00366. The van der Waals surface area contributed by atoms with E-state index in [1.807, 2.05) is 11.6 Å². The summed E-state index contributed by atoms with van der Waals surface area (Å²) >= 11 is 0. The number of hydrogen-bond donors (Lipinski definition) is 2. The first-order valence-corrected chi connectivity index (χ1v) is 7.33. The number of nitrogens with zero attached hydrogens (tertiary/aromatic N) is 3. The van der Waals surface area contributed by atoms with Crippen molar-refractivity contribution >= 4 is 5.91 Å². The molecule has 1 aromatic heterocycles. The molecule has 0 atom stereocenters. The largest absolute Gasteiger partial charge is 0.349 e. The lowest BCUT2D eigenvalue weighted by Crippen LogP contribution is -2.43. The maximum absolute atomic E-state index is 12.3. The normalized spacial score (nSPS) is 17.4. The van der Waals surface area contributed by atoms with Gasteiger partial charge in [-0.25, -0.2) is 0 Å². The molecule has 0 radical (unpaired) electrons. The van der Waals surface area contributed by atoms with Crippen LogP contribution in [0.4, 0.5) is 0 Å². The average Bonchev–Trinajstić information content (AvgIpc) is 2.80. The molecule has 6 heteroatoms. The number of likely N-dealkylation sites (tertiary alicyclic amines) is 1. The lowest BCUT2D eigenvalue weighted by molar-refractivity contribution is 0.0916. The Morgan fingerprint density at radius 3 is 2.85 bits per heavy atom. The van der Waals surface area contributed by atoms with Crippen LogP contribution in [0.15, 0.2) is 6.20 Å². The van der Waals surface area contributed by atoms with Gasteiger partial charge >= 0.3 is 0 Å². The van der Waals surface area contributed by atoms with Gasteiger partial charge in [0.2, 0.25) is 0 Å². The summed E-state index contributed by atoms with van der Waals surface area (Å²) in [5, 5.41) is 7.39. The Kier molecular flexibility index (Phi) is 5.14. The highest BCUT2D eigenvalue weighted by molar-refractivity contribution is 5.95. The van der Waals surface area contributed by atoms with Gasteiger partial charge in [-0.15, -0.1) is 0 Å². The van der Waals surface area contributed by atoms with Crippen molar-refractivity contribution in [1.29, 1.82) is 0 Å². The first kappa shape index (κ1) is 15.0. The van der Waals surface area contributed by atoms with E-state index in [1.165, 1.54) is 0 Å². The number of aryl methyl sites for hydroxylation is 1. The SMILES string of the molecule is Cc1c(C(=O)NC2CCN(C)CC2)cnn1CCCN. The van der Waals surface area contributed by atoms with Crippen LogP contribution >= 0.6 is 0 Å². The van der Waals surface area contributed by atoms with Crippen molar-refractivity contribution in [2.45, 2.75) is 38.8 Å².